The molecule has 2 rings (SSSR count). The quantitative estimate of drug-likeness (QED) is 0.890. The van der Waals surface area contributed by atoms with Crippen molar-refractivity contribution in [1.82, 2.24) is 10.2 Å². The number of nitrogens with zero attached hydrogens (tertiary/aromatic N) is 1. The van der Waals surface area contributed by atoms with Gasteiger partial charge in [0.2, 0.25) is 5.91 Å². The third-order valence-corrected chi connectivity index (χ3v) is 3.91. The SMILES string of the molecule is CC(C)(C(=O)Nc1ccccc1Cl)N1CCNCC1. The van der Waals surface area contributed by atoms with Crippen molar-refractivity contribution in [2.24, 2.45) is 0 Å². The fourth-order valence-corrected chi connectivity index (χ4v) is 2.39. The summed E-state index contributed by atoms with van der Waals surface area (Å²) in [5.41, 5.74) is 0.124. The van der Waals surface area contributed by atoms with Crippen molar-refractivity contribution >= 4 is 23.2 Å². The van der Waals surface area contributed by atoms with Crippen LogP contribution in [0.1, 0.15) is 13.8 Å². The summed E-state index contributed by atoms with van der Waals surface area (Å²) in [4.78, 5) is 14.6. The molecule has 1 aromatic carbocycles. The van der Waals surface area contributed by atoms with Gasteiger partial charge in [0.15, 0.2) is 0 Å². The van der Waals surface area contributed by atoms with E-state index in [1.807, 2.05) is 32.0 Å². The molecule has 5 heteroatoms. The second-order valence-electron chi connectivity index (χ2n) is 5.23. The molecular weight excluding hydrogens is 262 g/mol. The average Bonchev–Trinajstić information content (AvgIpc) is 2.42. The molecule has 0 bridgehead atoms. The first-order valence-electron chi connectivity index (χ1n) is 6.53. The number of para-hydroxylation sites is 1. The van der Waals surface area contributed by atoms with E-state index >= 15 is 0 Å². The Bertz CT molecular complexity index is 456. The van der Waals surface area contributed by atoms with Crippen molar-refractivity contribution in [2.45, 2.75) is 19.4 Å². The van der Waals surface area contributed by atoms with Crippen LogP contribution >= 0.6 is 11.6 Å². The highest BCUT2D eigenvalue weighted by Crippen LogP contribution is 2.23. The van der Waals surface area contributed by atoms with Gasteiger partial charge in [-0.05, 0) is 26.0 Å². The number of piperazine rings is 1. The highest BCUT2D eigenvalue weighted by Gasteiger charge is 2.35. The number of carbonyl (C=O) groups is 1. The van der Waals surface area contributed by atoms with E-state index in [9.17, 15) is 4.79 Å². The summed E-state index contributed by atoms with van der Waals surface area (Å²) in [5.74, 6) is -0.0255. The van der Waals surface area contributed by atoms with Gasteiger partial charge in [-0.3, -0.25) is 9.69 Å². The first-order chi connectivity index (χ1) is 9.01. The molecule has 0 radical (unpaired) electrons. The minimum Gasteiger partial charge on any atom is -0.323 e. The molecule has 2 N–H and O–H groups in total. The van der Waals surface area contributed by atoms with Crippen LogP contribution < -0.4 is 10.6 Å². The topological polar surface area (TPSA) is 44.4 Å². The molecular formula is C14H20ClN3O. The minimum absolute atomic E-state index is 0.0255. The molecule has 1 amide bonds. The third kappa shape index (κ3) is 3.26. The van der Waals surface area contributed by atoms with Crippen LogP contribution in [0.25, 0.3) is 0 Å². The van der Waals surface area contributed by atoms with Crippen LogP contribution in [0.5, 0.6) is 0 Å². The van der Waals surface area contributed by atoms with Crippen molar-refractivity contribution in [1.29, 1.82) is 0 Å². The van der Waals surface area contributed by atoms with Crippen molar-refractivity contribution in [2.75, 3.05) is 31.5 Å². The maximum atomic E-state index is 12.5. The molecule has 0 spiro atoms. The predicted molar refractivity (Wildman–Crippen MR) is 78.6 cm³/mol. The monoisotopic (exact) mass is 281 g/mol. The zero-order valence-corrected chi connectivity index (χ0v) is 12.1. The normalized spacial score (nSPS) is 17.2. The second kappa shape index (κ2) is 5.90. The molecule has 1 aliphatic rings. The predicted octanol–water partition coefficient (Wildman–Crippen LogP) is 1.96. The molecule has 4 nitrogen and oxygen atoms in total. The van der Waals surface area contributed by atoms with Crippen molar-refractivity contribution < 1.29 is 4.79 Å². The zero-order chi connectivity index (χ0) is 13.9. The summed E-state index contributed by atoms with van der Waals surface area (Å²) in [6.45, 7) is 7.49. The lowest BCUT2D eigenvalue weighted by atomic mass is 10.0. The molecule has 19 heavy (non-hydrogen) atoms. The molecule has 0 atom stereocenters. The summed E-state index contributed by atoms with van der Waals surface area (Å²) < 4.78 is 0. The van der Waals surface area contributed by atoms with Crippen LogP contribution in [0.2, 0.25) is 5.02 Å². The third-order valence-electron chi connectivity index (χ3n) is 3.59. The number of amides is 1. The Kier molecular flexibility index (Phi) is 4.45. The fraction of sp³-hybridized carbons (Fsp3) is 0.500. The van der Waals surface area contributed by atoms with Crippen molar-refractivity contribution in [3.63, 3.8) is 0 Å². The van der Waals surface area contributed by atoms with Gasteiger partial charge in [-0.1, -0.05) is 23.7 Å². The fourth-order valence-electron chi connectivity index (χ4n) is 2.21. The summed E-state index contributed by atoms with van der Waals surface area (Å²) >= 11 is 6.07. The van der Waals surface area contributed by atoms with Gasteiger partial charge in [-0.15, -0.1) is 0 Å². The highest BCUT2D eigenvalue weighted by atomic mass is 35.5. The molecule has 1 fully saturated rings. The number of halogens is 1. The van der Waals surface area contributed by atoms with Crippen molar-refractivity contribution in [3.05, 3.63) is 29.3 Å². The second-order valence-corrected chi connectivity index (χ2v) is 5.64. The number of hydrogen-bond acceptors (Lipinski definition) is 3. The Balaban J connectivity index is 2.08. The first-order valence-corrected chi connectivity index (χ1v) is 6.91. The van der Waals surface area contributed by atoms with Crippen LogP contribution in [0.4, 0.5) is 5.69 Å². The molecule has 0 unspecified atom stereocenters. The Morgan fingerprint density at radius 2 is 1.95 bits per heavy atom. The molecule has 1 aromatic rings. The Hall–Kier alpha value is -1.10. The lowest BCUT2D eigenvalue weighted by molar-refractivity contribution is -0.126. The van der Waals surface area contributed by atoms with E-state index in [0.717, 1.165) is 26.2 Å². The maximum absolute atomic E-state index is 12.5. The van der Waals surface area contributed by atoms with Crippen LogP contribution in [0.3, 0.4) is 0 Å². The number of carbonyl (C=O) groups excluding carboxylic acids is 1. The van der Waals surface area contributed by atoms with Gasteiger partial charge < -0.3 is 10.6 Å². The van der Waals surface area contributed by atoms with Gasteiger partial charge in [-0.25, -0.2) is 0 Å². The van der Waals surface area contributed by atoms with Gasteiger partial charge in [0.25, 0.3) is 0 Å². The van der Waals surface area contributed by atoms with E-state index in [1.165, 1.54) is 0 Å². The Labute approximate surface area is 119 Å². The Morgan fingerprint density at radius 3 is 2.58 bits per heavy atom. The lowest BCUT2D eigenvalue weighted by Crippen LogP contribution is -2.58. The van der Waals surface area contributed by atoms with E-state index in [4.69, 9.17) is 11.6 Å². The van der Waals surface area contributed by atoms with Gasteiger partial charge in [0, 0.05) is 26.2 Å². The molecule has 0 aromatic heterocycles. The van der Waals surface area contributed by atoms with Gasteiger partial charge >= 0.3 is 0 Å². The molecule has 1 heterocycles. The molecule has 0 aliphatic carbocycles. The molecule has 1 saturated heterocycles. The average molecular weight is 282 g/mol. The lowest BCUT2D eigenvalue weighted by Gasteiger charge is -2.39. The van der Waals surface area contributed by atoms with Gasteiger partial charge in [0.05, 0.1) is 16.2 Å². The van der Waals surface area contributed by atoms with Crippen LogP contribution in [0, 0.1) is 0 Å². The van der Waals surface area contributed by atoms with Crippen LogP contribution in [0.15, 0.2) is 24.3 Å². The van der Waals surface area contributed by atoms with E-state index in [-0.39, 0.29) is 5.91 Å². The number of hydrogen-bond donors (Lipinski definition) is 2. The summed E-state index contributed by atoms with van der Waals surface area (Å²) in [5, 5.41) is 6.77. The van der Waals surface area contributed by atoms with Crippen LogP contribution in [-0.2, 0) is 4.79 Å². The molecule has 0 saturated carbocycles. The van der Waals surface area contributed by atoms with Crippen LogP contribution in [-0.4, -0.2) is 42.5 Å². The Morgan fingerprint density at radius 1 is 1.32 bits per heavy atom. The molecule has 1 aliphatic heterocycles. The van der Waals surface area contributed by atoms with E-state index in [2.05, 4.69) is 15.5 Å². The largest absolute Gasteiger partial charge is 0.323 e. The summed E-state index contributed by atoms with van der Waals surface area (Å²) in [6.07, 6.45) is 0. The number of nitrogens with one attached hydrogen (secondary N) is 2. The van der Waals surface area contributed by atoms with E-state index in [1.54, 1.807) is 6.07 Å². The number of benzene rings is 1. The zero-order valence-electron chi connectivity index (χ0n) is 11.4. The highest BCUT2D eigenvalue weighted by molar-refractivity contribution is 6.33. The summed E-state index contributed by atoms with van der Waals surface area (Å²) in [6, 6.07) is 7.29. The number of rotatable bonds is 3. The standard InChI is InChI=1S/C14H20ClN3O/c1-14(2,18-9-7-16-8-10-18)13(19)17-12-6-4-3-5-11(12)15/h3-6,16H,7-10H2,1-2H3,(H,17,19). The minimum atomic E-state index is -0.540. The first kappa shape index (κ1) is 14.3. The maximum Gasteiger partial charge on any atom is 0.244 e. The van der Waals surface area contributed by atoms with E-state index in [0.29, 0.717) is 10.7 Å². The van der Waals surface area contributed by atoms with Gasteiger partial charge in [0.1, 0.15) is 0 Å². The summed E-state index contributed by atoms with van der Waals surface area (Å²) in [7, 11) is 0. The van der Waals surface area contributed by atoms with E-state index < -0.39 is 5.54 Å². The smallest absolute Gasteiger partial charge is 0.244 e. The van der Waals surface area contributed by atoms with Crippen molar-refractivity contribution in [3.8, 4) is 0 Å². The van der Waals surface area contributed by atoms with Gasteiger partial charge in [-0.2, -0.15) is 0 Å². The number of anilines is 1. The molecule has 104 valence electrons.